The van der Waals surface area contributed by atoms with E-state index in [1.54, 1.807) is 104 Å². The van der Waals surface area contributed by atoms with Crippen molar-refractivity contribution in [1.82, 2.24) is 71.3 Å². The van der Waals surface area contributed by atoms with E-state index in [1.807, 2.05) is 0 Å². The van der Waals surface area contributed by atoms with Crippen LogP contribution in [0.4, 0.5) is 0 Å². The second-order valence-electron chi connectivity index (χ2n) is 16.8. The van der Waals surface area contributed by atoms with Gasteiger partial charge in [0.05, 0.1) is 56.5 Å². The number of nitrogens with one attached hydrogen (secondary N) is 9. The van der Waals surface area contributed by atoms with Gasteiger partial charge in [-0.25, -0.2) is 32.1 Å². The molecule has 75 heavy (non-hydrogen) atoms. The van der Waals surface area contributed by atoms with E-state index in [9.17, 15) is 47.9 Å². The molecule has 0 radical (unpaired) electrons. The third-order valence-electron chi connectivity index (χ3n) is 9.99. The molecule has 30 nitrogen and oxygen atoms in total. The molecule has 4 aromatic heterocycles. The second kappa shape index (κ2) is 28.8. The highest BCUT2D eigenvalue weighted by Crippen LogP contribution is 2.15. The molecule has 4 aromatic rings. The normalized spacial score (nSPS) is 13.6. The molecule has 410 valence electrons. The number of carbonyl (C=O) groups is 6. The molecule has 0 saturated heterocycles. The lowest BCUT2D eigenvalue weighted by atomic mass is 10.00. The summed E-state index contributed by atoms with van der Waals surface area (Å²) < 4.78 is 5.49. The van der Waals surface area contributed by atoms with Gasteiger partial charge in [-0.3, -0.25) is 87.1 Å². The highest BCUT2D eigenvalue weighted by molar-refractivity contribution is 6.23. The quantitative estimate of drug-likeness (QED) is 0.0724. The molecule has 1 aliphatic rings. The predicted molar refractivity (Wildman–Crippen MR) is 283 cm³/mol. The first-order valence-electron chi connectivity index (χ1n) is 22.6. The SMILES string of the molecule is CC(=O)N/N=C(\C)C1C(=O)N(C)N=C1C.CC(=O)N/N=C(\C)c1c(C)[nH]n(C)c1=O.CC(=O)N/N=C(\C)c1c(C)[nH]n(C)c1=O.CC(=O)NN=C(C)c1c(C)[nH]n(C)c1=O.CC(=O)NN=C(C)c1c(C)[nH]n(C)c1=O. The number of hydrazone groups is 6. The zero-order valence-corrected chi connectivity index (χ0v) is 46.1. The number of aromatic amines is 4. The Morgan fingerprint density at radius 2 is 0.613 bits per heavy atom. The number of aromatic nitrogens is 8. The minimum Gasteiger partial charge on any atom is -0.300 e. The van der Waals surface area contributed by atoms with E-state index in [-0.39, 0.29) is 57.7 Å². The summed E-state index contributed by atoms with van der Waals surface area (Å²) in [5.41, 5.74) is 18.9. The third-order valence-corrected chi connectivity index (χ3v) is 9.99. The number of amides is 6. The molecule has 0 fully saturated rings. The Bertz CT molecular complexity index is 2850. The van der Waals surface area contributed by atoms with E-state index in [0.717, 1.165) is 22.8 Å². The molecule has 0 saturated carbocycles. The first-order valence-corrected chi connectivity index (χ1v) is 22.6. The summed E-state index contributed by atoms with van der Waals surface area (Å²) in [4.78, 5) is 111. The average molecular weight is 1050 g/mol. The van der Waals surface area contributed by atoms with Crippen molar-refractivity contribution in [1.29, 1.82) is 0 Å². The number of nitrogens with zero attached hydrogens (tertiary/aromatic N) is 11. The molecule has 1 unspecified atom stereocenters. The van der Waals surface area contributed by atoms with E-state index in [0.29, 0.717) is 56.5 Å². The first-order chi connectivity index (χ1) is 34.7. The van der Waals surface area contributed by atoms with Gasteiger partial charge in [0.1, 0.15) is 5.92 Å². The molecule has 0 spiro atoms. The average Bonchev–Trinajstić information content (AvgIpc) is 4.00. The minimum atomic E-state index is -0.443. The summed E-state index contributed by atoms with van der Waals surface area (Å²) in [6.45, 7) is 24.1. The zero-order chi connectivity index (χ0) is 57.9. The second-order valence-corrected chi connectivity index (χ2v) is 16.8. The van der Waals surface area contributed by atoms with Crippen molar-refractivity contribution >= 4 is 69.7 Å². The van der Waals surface area contributed by atoms with Crippen LogP contribution in [0.2, 0.25) is 0 Å². The molecule has 5 rings (SSSR count). The monoisotopic (exact) mass is 1050 g/mol. The maximum Gasteiger partial charge on any atom is 0.275 e. The predicted octanol–water partition coefficient (Wildman–Crippen LogP) is -0.510. The van der Waals surface area contributed by atoms with Gasteiger partial charge in [0.2, 0.25) is 29.5 Å². The van der Waals surface area contributed by atoms with Crippen molar-refractivity contribution in [3.63, 3.8) is 0 Å². The van der Waals surface area contributed by atoms with Crippen LogP contribution in [0.15, 0.2) is 49.8 Å². The van der Waals surface area contributed by atoms with Crippen LogP contribution in [0.3, 0.4) is 0 Å². The molecule has 5 heterocycles. The van der Waals surface area contributed by atoms with E-state index >= 15 is 0 Å². The van der Waals surface area contributed by atoms with Crippen LogP contribution in [-0.4, -0.2) is 121 Å². The topological polar surface area (TPSA) is 391 Å². The Labute approximate surface area is 430 Å². The van der Waals surface area contributed by atoms with E-state index in [4.69, 9.17) is 0 Å². The molecule has 6 amide bonds. The first kappa shape index (κ1) is 63.9. The van der Waals surface area contributed by atoms with E-state index < -0.39 is 5.92 Å². The maximum atomic E-state index is 11.6. The van der Waals surface area contributed by atoms with Gasteiger partial charge < -0.3 is 0 Å². The van der Waals surface area contributed by atoms with Crippen LogP contribution in [-0.2, 0) is 57.0 Å². The number of hydrogen-bond donors (Lipinski definition) is 9. The molecule has 30 heteroatoms. The highest BCUT2D eigenvalue weighted by atomic mass is 16.2. The van der Waals surface area contributed by atoms with Crippen LogP contribution >= 0.6 is 0 Å². The van der Waals surface area contributed by atoms with Crippen LogP contribution in [0.5, 0.6) is 0 Å². The van der Waals surface area contributed by atoms with Gasteiger partial charge in [0.25, 0.3) is 28.1 Å². The molecule has 0 aromatic carbocycles. The van der Waals surface area contributed by atoms with Gasteiger partial charge in [-0.2, -0.15) is 30.6 Å². The smallest absolute Gasteiger partial charge is 0.275 e. The molecule has 0 aliphatic carbocycles. The molecule has 1 atom stereocenters. The summed E-state index contributed by atoms with van der Waals surface area (Å²) >= 11 is 0. The van der Waals surface area contributed by atoms with E-state index in [1.165, 1.54) is 58.4 Å². The molecule has 0 bridgehead atoms. The Balaban J connectivity index is 0.000000469. The van der Waals surface area contributed by atoms with Gasteiger partial charge >= 0.3 is 0 Å². The summed E-state index contributed by atoms with van der Waals surface area (Å²) in [7, 11) is 8.11. The van der Waals surface area contributed by atoms with Crippen molar-refractivity contribution < 1.29 is 28.8 Å². The Morgan fingerprint density at radius 3 is 0.773 bits per heavy atom. The van der Waals surface area contributed by atoms with E-state index in [2.05, 4.69) is 78.1 Å². The molecule has 9 N–H and O–H groups in total. The molecule has 1 aliphatic heterocycles. The molecular formula is C45H70N20O10. The standard InChI is InChI=1S/5C9H14N4O2/c5*1-5(10-11-7(3)14)8-6(2)12-13(4)9(8)15/h4*12H,1-4H3,(H,11,14);8H,1-4H3,(H,11,14)/b2*10-5+;;;10-5+. The fourth-order valence-electron chi connectivity index (χ4n) is 6.75. The number of rotatable bonds is 10. The van der Waals surface area contributed by atoms with Crippen molar-refractivity contribution in [2.24, 2.45) is 64.7 Å². The van der Waals surface area contributed by atoms with Gasteiger partial charge in [0, 0.05) is 92.6 Å². The summed E-state index contributed by atoms with van der Waals surface area (Å²) in [5.74, 6) is -1.89. The molecular weight excluding hydrogens is 981 g/mol. The summed E-state index contributed by atoms with van der Waals surface area (Å²) in [6.07, 6.45) is 0. The number of H-pyrrole nitrogens is 4. The summed E-state index contributed by atoms with van der Waals surface area (Å²) in [6, 6.07) is 0. The van der Waals surface area contributed by atoms with Crippen LogP contribution in [0.25, 0.3) is 0 Å². The third kappa shape index (κ3) is 19.1. The fourth-order valence-corrected chi connectivity index (χ4v) is 6.75. The van der Waals surface area contributed by atoms with Gasteiger partial charge in [-0.1, -0.05) is 0 Å². The van der Waals surface area contributed by atoms with Gasteiger partial charge in [-0.15, -0.1) is 0 Å². The Kier molecular flexibility index (Phi) is 24.5. The van der Waals surface area contributed by atoms with Crippen molar-refractivity contribution in [2.45, 2.75) is 104 Å². The Morgan fingerprint density at radius 1 is 0.400 bits per heavy atom. The number of aryl methyl sites for hydroxylation is 8. The van der Waals surface area contributed by atoms with Crippen molar-refractivity contribution in [3.05, 3.63) is 86.4 Å². The lowest BCUT2D eigenvalue weighted by Gasteiger charge is -2.09. The lowest BCUT2D eigenvalue weighted by Crippen LogP contribution is -2.31. The highest BCUT2D eigenvalue weighted by Gasteiger charge is 2.33. The zero-order valence-electron chi connectivity index (χ0n) is 46.1. The number of carbonyl (C=O) groups excluding carboxylic acids is 6. The van der Waals surface area contributed by atoms with Gasteiger partial charge in [0.15, 0.2) is 0 Å². The largest absolute Gasteiger partial charge is 0.300 e. The van der Waals surface area contributed by atoms with Crippen LogP contribution in [0, 0.1) is 33.6 Å². The summed E-state index contributed by atoms with van der Waals surface area (Å²) in [5, 5.41) is 35.8. The Hall–Kier alpha value is -9.12. The van der Waals surface area contributed by atoms with Crippen LogP contribution in [0.1, 0.15) is 121 Å². The van der Waals surface area contributed by atoms with Crippen molar-refractivity contribution in [3.8, 4) is 0 Å². The van der Waals surface area contributed by atoms with Crippen LogP contribution < -0.4 is 49.4 Å². The van der Waals surface area contributed by atoms with Gasteiger partial charge in [-0.05, 0) is 69.2 Å². The maximum absolute atomic E-state index is 11.6. The lowest BCUT2D eigenvalue weighted by molar-refractivity contribution is -0.129. The fraction of sp³-hybridized carbons (Fsp3) is 0.467. The van der Waals surface area contributed by atoms with Crippen molar-refractivity contribution in [2.75, 3.05) is 7.05 Å². The number of hydrogen-bond acceptors (Lipinski definition) is 16. The minimum absolute atomic E-state index is 0.126.